The lowest BCUT2D eigenvalue weighted by Crippen LogP contribution is -2.43. The van der Waals surface area contributed by atoms with Crippen LogP contribution >= 0.6 is 0 Å². The number of amides is 3. The van der Waals surface area contributed by atoms with Gasteiger partial charge in [0, 0.05) is 25.7 Å². The monoisotopic (exact) mass is 358 g/mol. The van der Waals surface area contributed by atoms with Crippen LogP contribution in [0.15, 0.2) is 28.8 Å². The Hall–Kier alpha value is -3.36. The fourth-order valence-electron chi connectivity index (χ4n) is 2.52. The number of benzene rings is 1. The molecule has 1 aromatic heterocycles. The van der Waals surface area contributed by atoms with Crippen LogP contribution in [0.4, 0.5) is 11.5 Å². The Morgan fingerprint density at radius 2 is 2.08 bits per heavy atom. The fourth-order valence-corrected chi connectivity index (χ4v) is 2.52. The van der Waals surface area contributed by atoms with Gasteiger partial charge in [0.15, 0.2) is 12.4 Å². The van der Waals surface area contributed by atoms with Gasteiger partial charge in [-0.05, 0) is 25.1 Å². The number of carbonyl (C=O) groups is 3. The first-order valence-electron chi connectivity index (χ1n) is 7.87. The molecular weight excluding hydrogens is 340 g/mol. The van der Waals surface area contributed by atoms with Gasteiger partial charge in [-0.25, -0.2) is 0 Å². The van der Waals surface area contributed by atoms with Crippen LogP contribution in [-0.2, 0) is 9.59 Å². The summed E-state index contributed by atoms with van der Waals surface area (Å²) >= 11 is 0. The van der Waals surface area contributed by atoms with E-state index in [-0.39, 0.29) is 30.8 Å². The maximum atomic E-state index is 12.3. The predicted molar refractivity (Wildman–Crippen MR) is 92.2 cm³/mol. The maximum Gasteiger partial charge on any atom is 0.265 e. The molecule has 0 saturated carbocycles. The maximum absolute atomic E-state index is 12.3. The number of nitrogens with zero attached hydrogens (tertiary/aromatic N) is 3. The summed E-state index contributed by atoms with van der Waals surface area (Å²) < 4.78 is 10.3. The van der Waals surface area contributed by atoms with E-state index in [1.54, 1.807) is 45.3 Å². The van der Waals surface area contributed by atoms with E-state index < -0.39 is 5.91 Å². The largest absolute Gasteiger partial charge is 0.482 e. The molecule has 3 rings (SSSR count). The highest BCUT2D eigenvalue weighted by molar-refractivity contribution is 6.06. The van der Waals surface area contributed by atoms with E-state index >= 15 is 0 Å². The third-order valence-electron chi connectivity index (χ3n) is 3.75. The Labute approximate surface area is 149 Å². The molecule has 1 aromatic carbocycles. The van der Waals surface area contributed by atoms with Crippen molar-refractivity contribution in [1.29, 1.82) is 0 Å². The number of nitrogens with one attached hydrogen (secondary N) is 1. The van der Waals surface area contributed by atoms with Crippen LogP contribution in [0.1, 0.15) is 16.1 Å². The van der Waals surface area contributed by atoms with Crippen molar-refractivity contribution in [3.8, 4) is 5.75 Å². The number of hydrogen-bond donors (Lipinski definition) is 1. The van der Waals surface area contributed by atoms with Crippen molar-refractivity contribution in [2.75, 3.05) is 37.5 Å². The molecule has 136 valence electrons. The fraction of sp³-hybridized carbons (Fsp3) is 0.294. The summed E-state index contributed by atoms with van der Waals surface area (Å²) in [5.74, 6) is 0.227. The topological polar surface area (TPSA) is 105 Å². The number of rotatable bonds is 4. The predicted octanol–water partition coefficient (Wildman–Crippen LogP) is 1.05. The first-order chi connectivity index (χ1) is 12.3. The van der Waals surface area contributed by atoms with E-state index in [4.69, 9.17) is 9.26 Å². The van der Waals surface area contributed by atoms with Crippen molar-refractivity contribution in [3.05, 3.63) is 35.6 Å². The van der Waals surface area contributed by atoms with Gasteiger partial charge >= 0.3 is 0 Å². The summed E-state index contributed by atoms with van der Waals surface area (Å²) in [5, 5.41) is 6.25. The van der Waals surface area contributed by atoms with Crippen molar-refractivity contribution >= 4 is 29.2 Å². The third-order valence-corrected chi connectivity index (χ3v) is 3.75. The second-order valence-electron chi connectivity index (χ2n) is 6.02. The van der Waals surface area contributed by atoms with Crippen LogP contribution in [0.3, 0.4) is 0 Å². The van der Waals surface area contributed by atoms with Gasteiger partial charge in [0.1, 0.15) is 18.1 Å². The Morgan fingerprint density at radius 1 is 1.31 bits per heavy atom. The lowest BCUT2D eigenvalue weighted by atomic mass is 10.1. The van der Waals surface area contributed by atoms with E-state index in [9.17, 15) is 14.4 Å². The van der Waals surface area contributed by atoms with Crippen molar-refractivity contribution in [3.63, 3.8) is 0 Å². The minimum atomic E-state index is -0.441. The van der Waals surface area contributed by atoms with Crippen LogP contribution in [0.25, 0.3) is 0 Å². The van der Waals surface area contributed by atoms with Gasteiger partial charge in [0.25, 0.3) is 11.8 Å². The molecule has 0 saturated heterocycles. The van der Waals surface area contributed by atoms with E-state index in [2.05, 4.69) is 10.5 Å². The van der Waals surface area contributed by atoms with Gasteiger partial charge in [-0.2, -0.15) is 0 Å². The Kier molecular flexibility index (Phi) is 4.61. The first kappa shape index (κ1) is 17.5. The van der Waals surface area contributed by atoms with Gasteiger partial charge in [0.2, 0.25) is 5.91 Å². The SMILES string of the molecule is Cc1cc(NC(=O)CN2C(=O)COc3ccc(C(=O)N(C)C)cc32)no1. The highest BCUT2D eigenvalue weighted by Crippen LogP contribution is 2.33. The molecule has 1 aliphatic rings. The number of aryl methyl sites for hydroxylation is 1. The van der Waals surface area contributed by atoms with Gasteiger partial charge in [-0.1, -0.05) is 5.16 Å². The van der Waals surface area contributed by atoms with E-state index in [0.29, 0.717) is 22.8 Å². The second-order valence-corrected chi connectivity index (χ2v) is 6.02. The molecule has 0 radical (unpaired) electrons. The molecule has 0 aliphatic carbocycles. The van der Waals surface area contributed by atoms with Crippen LogP contribution in [0.2, 0.25) is 0 Å². The molecule has 2 heterocycles. The van der Waals surface area contributed by atoms with E-state index in [0.717, 1.165) is 0 Å². The molecule has 3 amide bonds. The van der Waals surface area contributed by atoms with Crippen LogP contribution in [0, 0.1) is 6.92 Å². The summed E-state index contributed by atoms with van der Waals surface area (Å²) in [7, 11) is 3.27. The lowest BCUT2D eigenvalue weighted by Gasteiger charge is -2.29. The zero-order chi connectivity index (χ0) is 18.8. The van der Waals surface area contributed by atoms with Crippen molar-refractivity contribution in [2.45, 2.75) is 6.92 Å². The van der Waals surface area contributed by atoms with Crippen LogP contribution < -0.4 is 15.0 Å². The number of ether oxygens (including phenoxy) is 1. The molecule has 2 aromatic rings. The number of anilines is 2. The molecule has 0 spiro atoms. The second kappa shape index (κ2) is 6.87. The zero-order valence-corrected chi connectivity index (χ0v) is 14.6. The lowest BCUT2D eigenvalue weighted by molar-refractivity contribution is -0.123. The molecule has 9 heteroatoms. The summed E-state index contributed by atoms with van der Waals surface area (Å²) in [6, 6.07) is 6.35. The number of fused-ring (bicyclic) bond motifs is 1. The standard InChI is InChI=1S/C17H18N4O5/c1-10-6-14(19-26-10)18-15(22)8-21-12-7-11(17(24)20(2)3)4-5-13(12)25-9-16(21)23/h4-7H,8-9H2,1-3H3,(H,18,19,22). The van der Waals surface area contributed by atoms with Gasteiger partial charge in [-0.15, -0.1) is 0 Å². The van der Waals surface area contributed by atoms with Crippen molar-refractivity contribution < 1.29 is 23.6 Å². The molecule has 26 heavy (non-hydrogen) atoms. The molecule has 0 atom stereocenters. The third kappa shape index (κ3) is 3.51. The van der Waals surface area contributed by atoms with Gasteiger partial charge in [-0.3, -0.25) is 19.3 Å². The van der Waals surface area contributed by atoms with Crippen molar-refractivity contribution in [1.82, 2.24) is 10.1 Å². The van der Waals surface area contributed by atoms with E-state index in [1.165, 1.54) is 9.80 Å². The molecule has 0 fully saturated rings. The highest BCUT2D eigenvalue weighted by Gasteiger charge is 2.28. The zero-order valence-electron chi connectivity index (χ0n) is 14.6. The Morgan fingerprint density at radius 3 is 2.73 bits per heavy atom. The summed E-state index contributed by atoms with van der Waals surface area (Å²) in [6.45, 7) is 1.29. The normalized spacial score (nSPS) is 13.0. The minimum absolute atomic E-state index is 0.176. The quantitative estimate of drug-likeness (QED) is 0.876. The molecule has 1 N–H and O–H groups in total. The van der Waals surface area contributed by atoms with Gasteiger partial charge in [0.05, 0.1) is 5.69 Å². The minimum Gasteiger partial charge on any atom is -0.482 e. The van der Waals surface area contributed by atoms with E-state index in [1.807, 2.05) is 0 Å². The summed E-state index contributed by atoms with van der Waals surface area (Å²) in [4.78, 5) is 39.4. The van der Waals surface area contributed by atoms with Crippen LogP contribution in [0.5, 0.6) is 5.75 Å². The summed E-state index contributed by atoms with van der Waals surface area (Å²) in [6.07, 6.45) is 0. The van der Waals surface area contributed by atoms with Crippen LogP contribution in [-0.4, -0.2) is 55.0 Å². The smallest absolute Gasteiger partial charge is 0.265 e. The average molecular weight is 358 g/mol. The number of aromatic nitrogens is 1. The highest BCUT2D eigenvalue weighted by atomic mass is 16.5. The van der Waals surface area contributed by atoms with Gasteiger partial charge < -0.3 is 19.5 Å². The van der Waals surface area contributed by atoms with Crippen molar-refractivity contribution in [2.24, 2.45) is 0 Å². The average Bonchev–Trinajstić information content (AvgIpc) is 3.01. The number of hydrogen-bond acceptors (Lipinski definition) is 6. The molecular formula is C17H18N4O5. The number of carbonyl (C=O) groups excluding carboxylic acids is 3. The molecule has 0 bridgehead atoms. The summed E-state index contributed by atoms with van der Waals surface area (Å²) in [5.41, 5.74) is 0.769. The molecule has 0 unspecified atom stereocenters. The first-order valence-corrected chi connectivity index (χ1v) is 7.87. The Balaban J connectivity index is 1.83. The molecule has 1 aliphatic heterocycles. The molecule has 9 nitrogen and oxygen atoms in total. The Bertz CT molecular complexity index is 874.